The second kappa shape index (κ2) is 10.2. The van der Waals surface area contributed by atoms with Crippen molar-refractivity contribution in [2.45, 2.75) is 40.6 Å². The van der Waals surface area contributed by atoms with Crippen molar-refractivity contribution in [3.8, 4) is 6.07 Å². The van der Waals surface area contributed by atoms with Crippen LogP contribution in [0.25, 0.3) is 0 Å². The number of aliphatic hydroxyl groups excluding tert-OH is 1. The Morgan fingerprint density at radius 3 is 2.42 bits per heavy atom. The third kappa shape index (κ3) is 5.41. The lowest BCUT2D eigenvalue weighted by Crippen LogP contribution is -2.01. The maximum atomic E-state index is 13.4. The molecule has 2 rings (SSSR count). The predicted octanol–water partition coefficient (Wildman–Crippen LogP) is 5.00. The van der Waals surface area contributed by atoms with Crippen LogP contribution < -0.4 is 0 Å². The lowest BCUT2D eigenvalue weighted by Gasteiger charge is -2.11. The van der Waals surface area contributed by atoms with Gasteiger partial charge in [-0.3, -0.25) is 0 Å². The molecule has 0 saturated heterocycles. The Hall–Kier alpha value is -1.74. The van der Waals surface area contributed by atoms with Gasteiger partial charge in [0.1, 0.15) is 5.82 Å². The smallest absolute Gasteiger partial charge is 0.137 e. The van der Waals surface area contributed by atoms with E-state index < -0.39 is 0 Å². The van der Waals surface area contributed by atoms with E-state index in [1.165, 1.54) is 6.07 Å². The van der Waals surface area contributed by atoms with E-state index in [2.05, 4.69) is 22.0 Å². The zero-order valence-electron chi connectivity index (χ0n) is 14.1. The molecule has 0 aliphatic carbocycles. The van der Waals surface area contributed by atoms with Crippen LogP contribution in [-0.4, -0.2) is 5.11 Å². The van der Waals surface area contributed by atoms with Gasteiger partial charge in [-0.05, 0) is 69.4 Å². The Labute approximate surface area is 150 Å². The quantitative estimate of drug-likeness (QED) is 0.776. The van der Waals surface area contributed by atoms with Crippen molar-refractivity contribution < 1.29 is 14.2 Å². The van der Waals surface area contributed by atoms with Crippen LogP contribution in [0.4, 0.5) is 4.39 Å². The van der Waals surface area contributed by atoms with Crippen LogP contribution in [-0.2, 0) is 24.6 Å². The minimum absolute atomic E-state index is 0.106. The molecule has 5 heteroatoms. The maximum Gasteiger partial charge on any atom is 0.137 e. The van der Waals surface area contributed by atoms with Crippen LogP contribution in [0, 0.1) is 24.1 Å². The number of aliphatic hydroxyl groups is 1. The first-order valence-electron chi connectivity index (χ1n) is 7.70. The largest absolute Gasteiger partial charge is 0.392 e. The molecule has 0 unspecified atom stereocenters. The molecule has 0 saturated carbocycles. The van der Waals surface area contributed by atoms with Gasteiger partial charge < -0.3 is 9.84 Å². The van der Waals surface area contributed by atoms with E-state index in [0.717, 1.165) is 22.3 Å². The highest BCUT2D eigenvalue weighted by molar-refractivity contribution is 9.10. The number of hydrogen-bond donors (Lipinski definition) is 1. The molecule has 0 atom stereocenters. The van der Waals surface area contributed by atoms with Gasteiger partial charge in [0.15, 0.2) is 0 Å². The van der Waals surface area contributed by atoms with Gasteiger partial charge in [-0.25, -0.2) is 4.39 Å². The fraction of sp³-hybridized carbons (Fsp3) is 0.316. The first-order chi connectivity index (χ1) is 11.5. The summed E-state index contributed by atoms with van der Waals surface area (Å²) in [5.74, 6) is -0.300. The fourth-order valence-electron chi connectivity index (χ4n) is 2.10. The van der Waals surface area contributed by atoms with Gasteiger partial charge in [-0.2, -0.15) is 5.26 Å². The molecule has 0 heterocycles. The summed E-state index contributed by atoms with van der Waals surface area (Å²) in [5, 5.41) is 18.3. The molecule has 24 heavy (non-hydrogen) atoms. The summed E-state index contributed by atoms with van der Waals surface area (Å²) < 4.78 is 19.4. The summed E-state index contributed by atoms with van der Waals surface area (Å²) in [6.45, 7) is 6.32. The average Bonchev–Trinajstić information content (AvgIpc) is 2.61. The maximum absolute atomic E-state index is 13.4. The van der Waals surface area contributed by atoms with E-state index in [4.69, 9.17) is 10.00 Å². The highest BCUT2D eigenvalue weighted by atomic mass is 79.9. The molecule has 1 N–H and O–H groups in total. The van der Waals surface area contributed by atoms with E-state index in [-0.39, 0.29) is 19.0 Å². The van der Waals surface area contributed by atoms with E-state index >= 15 is 0 Å². The molecule has 128 valence electrons. The van der Waals surface area contributed by atoms with Crippen LogP contribution >= 0.6 is 15.9 Å². The van der Waals surface area contributed by atoms with Crippen molar-refractivity contribution in [1.29, 1.82) is 5.26 Å². The van der Waals surface area contributed by atoms with Crippen LogP contribution in [0.2, 0.25) is 0 Å². The van der Waals surface area contributed by atoms with Gasteiger partial charge in [-0.1, -0.05) is 19.9 Å². The summed E-state index contributed by atoms with van der Waals surface area (Å²) >= 11 is 3.16. The average molecular weight is 394 g/mol. The molecule has 2 aromatic rings. The molecular weight excluding hydrogens is 373 g/mol. The first kappa shape index (κ1) is 20.3. The molecule has 0 aliphatic heterocycles. The molecule has 0 bridgehead atoms. The van der Waals surface area contributed by atoms with Crippen LogP contribution in [0.5, 0.6) is 0 Å². The number of aryl methyl sites for hydroxylation is 1. The minimum Gasteiger partial charge on any atom is -0.392 e. The minimum atomic E-state index is -0.300. The molecule has 0 aromatic heterocycles. The Morgan fingerprint density at radius 1 is 1.12 bits per heavy atom. The number of halogens is 2. The molecule has 3 nitrogen and oxygen atoms in total. The Morgan fingerprint density at radius 2 is 1.79 bits per heavy atom. The molecular formula is C19H21BrFNO2. The second-order valence-corrected chi connectivity index (χ2v) is 5.79. The second-order valence-electron chi connectivity index (χ2n) is 4.94. The Balaban J connectivity index is 0.00000139. The Kier molecular flexibility index (Phi) is 8.62. The molecule has 0 aliphatic rings. The van der Waals surface area contributed by atoms with E-state index in [1.54, 1.807) is 24.3 Å². The number of nitrogens with zero attached hydrogens (tertiary/aromatic N) is 1. The van der Waals surface area contributed by atoms with Crippen molar-refractivity contribution in [1.82, 2.24) is 0 Å². The summed E-state index contributed by atoms with van der Waals surface area (Å²) in [6.07, 6.45) is 0. The SMILES string of the molecule is CC.Cc1cc(F)c(Br)cc1COCc1cc(C#N)ccc1CO. The summed E-state index contributed by atoms with van der Waals surface area (Å²) in [6, 6.07) is 10.3. The van der Waals surface area contributed by atoms with Crippen LogP contribution in [0.15, 0.2) is 34.8 Å². The molecule has 0 radical (unpaired) electrons. The lowest BCUT2D eigenvalue weighted by atomic mass is 10.1. The lowest BCUT2D eigenvalue weighted by molar-refractivity contribution is 0.105. The van der Waals surface area contributed by atoms with Gasteiger partial charge in [0.2, 0.25) is 0 Å². The molecule has 0 spiro atoms. The van der Waals surface area contributed by atoms with Gasteiger partial charge in [0.25, 0.3) is 0 Å². The normalized spacial score (nSPS) is 9.88. The van der Waals surface area contributed by atoms with Gasteiger partial charge in [-0.15, -0.1) is 0 Å². The van der Waals surface area contributed by atoms with Gasteiger partial charge >= 0.3 is 0 Å². The van der Waals surface area contributed by atoms with Gasteiger partial charge in [0.05, 0.1) is 35.9 Å². The number of nitriles is 1. The van der Waals surface area contributed by atoms with Crippen molar-refractivity contribution in [2.24, 2.45) is 0 Å². The highest BCUT2D eigenvalue weighted by Gasteiger charge is 2.07. The topological polar surface area (TPSA) is 53.2 Å². The van der Waals surface area contributed by atoms with Crippen molar-refractivity contribution in [2.75, 3.05) is 0 Å². The number of hydrogen-bond acceptors (Lipinski definition) is 3. The Bertz CT molecular complexity index is 726. The van der Waals surface area contributed by atoms with E-state index in [1.807, 2.05) is 20.8 Å². The molecule has 2 aromatic carbocycles. The van der Waals surface area contributed by atoms with Crippen LogP contribution in [0.1, 0.15) is 41.7 Å². The monoisotopic (exact) mass is 393 g/mol. The fourth-order valence-corrected chi connectivity index (χ4v) is 2.49. The third-order valence-electron chi connectivity index (χ3n) is 3.40. The third-order valence-corrected chi connectivity index (χ3v) is 4.01. The zero-order valence-corrected chi connectivity index (χ0v) is 15.7. The van der Waals surface area contributed by atoms with Crippen molar-refractivity contribution >= 4 is 15.9 Å². The first-order valence-corrected chi connectivity index (χ1v) is 8.49. The summed E-state index contributed by atoms with van der Waals surface area (Å²) in [5.41, 5.74) is 3.73. The van der Waals surface area contributed by atoms with Crippen LogP contribution in [0.3, 0.4) is 0 Å². The predicted molar refractivity (Wildman–Crippen MR) is 95.8 cm³/mol. The van der Waals surface area contributed by atoms with Crippen molar-refractivity contribution in [3.05, 3.63) is 68.4 Å². The standard InChI is InChI=1S/C17H15BrFNO2.C2H6/c1-11-4-17(19)16(18)6-14(11)9-22-10-15-5-12(7-20)2-3-13(15)8-21;1-2/h2-6,21H,8-10H2,1H3;1-2H3. The molecule has 0 fully saturated rings. The van der Waals surface area contributed by atoms with Crippen molar-refractivity contribution in [3.63, 3.8) is 0 Å². The number of ether oxygens (including phenoxy) is 1. The van der Waals surface area contributed by atoms with E-state index in [9.17, 15) is 9.50 Å². The summed E-state index contributed by atoms with van der Waals surface area (Å²) in [7, 11) is 0. The van der Waals surface area contributed by atoms with E-state index in [0.29, 0.717) is 16.6 Å². The summed E-state index contributed by atoms with van der Waals surface area (Å²) in [4.78, 5) is 0. The zero-order chi connectivity index (χ0) is 18.1. The number of rotatable bonds is 5. The highest BCUT2D eigenvalue weighted by Crippen LogP contribution is 2.22. The molecule has 0 amide bonds. The number of benzene rings is 2. The van der Waals surface area contributed by atoms with Gasteiger partial charge in [0, 0.05) is 0 Å².